The standard InChI is InChI=1S/2C6H3N3O7.C3H7N5.H2O/c2*10-6-4(8(13)14)1-3(7(11)12)2-5(6)9(15)16;4-2-1-3(6-5)8-7-2;/h2*1-2,10H;1H,5H2,(H4,4,6,7,8);1H2. The van der Waals surface area contributed by atoms with Gasteiger partial charge in [-0.15, -0.1) is 0 Å². The fourth-order valence-corrected chi connectivity index (χ4v) is 2.39. The van der Waals surface area contributed by atoms with E-state index >= 15 is 0 Å². The van der Waals surface area contributed by atoms with E-state index in [0.717, 1.165) is 11.6 Å². The summed E-state index contributed by atoms with van der Waals surface area (Å²) in [5, 5.41) is 89.7. The van der Waals surface area contributed by atoms with Crippen LogP contribution in [0.2, 0.25) is 0 Å². The van der Waals surface area contributed by atoms with Crippen LogP contribution in [-0.4, -0.2) is 40.1 Å². The molecule has 0 fully saturated rings. The first-order valence-electron chi connectivity index (χ1n) is 9.47. The third-order valence-corrected chi connectivity index (χ3v) is 4.11. The largest absolute Gasteiger partial charge is 0.863 e. The molecule has 26 heteroatoms. The lowest BCUT2D eigenvalue weighted by atomic mass is 10.2. The van der Waals surface area contributed by atoms with E-state index < -0.39 is 75.2 Å². The Labute approximate surface area is 221 Å². The number of H-pyrrole nitrogens is 2. The fourth-order valence-electron chi connectivity index (χ4n) is 2.39. The van der Waals surface area contributed by atoms with E-state index in [9.17, 15) is 70.9 Å². The zero-order valence-electron chi connectivity index (χ0n) is 19.6. The van der Waals surface area contributed by atoms with Gasteiger partial charge in [-0.05, 0) is 0 Å². The van der Waals surface area contributed by atoms with Gasteiger partial charge in [-0.2, -0.15) is 21.5 Å². The molecule has 0 bridgehead atoms. The molecule has 1 aromatic heterocycles. The summed E-state index contributed by atoms with van der Waals surface area (Å²) < 4.78 is 0. The molecule has 0 radical (unpaired) electrons. The number of non-ortho nitro benzene ring substituents is 2. The molecule has 0 amide bonds. The summed E-state index contributed by atoms with van der Waals surface area (Å²) >= 11 is 0. The summed E-state index contributed by atoms with van der Waals surface area (Å²) in [6, 6.07) is 3.30. The average Bonchev–Trinajstić information content (AvgIpc) is 3.29. The summed E-state index contributed by atoms with van der Waals surface area (Å²) in [5.74, 6) is 3.65. The topological polar surface area (TPSA) is 432 Å². The number of aromatic amines is 2. The maximum absolute atomic E-state index is 11.1. The van der Waals surface area contributed by atoms with E-state index in [4.69, 9.17) is 5.84 Å². The molecule has 41 heavy (non-hydrogen) atoms. The van der Waals surface area contributed by atoms with Crippen molar-refractivity contribution in [1.82, 2.24) is 5.10 Å². The number of nitro benzene ring substituents is 6. The van der Waals surface area contributed by atoms with E-state index in [1.54, 1.807) is 6.07 Å². The first-order valence-corrected chi connectivity index (χ1v) is 9.47. The Bertz CT molecular complexity index is 1340. The third kappa shape index (κ3) is 8.99. The van der Waals surface area contributed by atoms with Gasteiger partial charge >= 0.3 is 5.82 Å². The maximum atomic E-state index is 11.1. The molecular weight excluding hydrogens is 574 g/mol. The van der Waals surface area contributed by atoms with Gasteiger partial charge in [-0.25, -0.2) is 0 Å². The highest BCUT2D eigenvalue weighted by atomic mass is 16.7. The number of quaternary nitrogens is 1. The van der Waals surface area contributed by atoms with Crippen LogP contribution in [-0.2, 0) is 0 Å². The predicted molar refractivity (Wildman–Crippen MR) is 123 cm³/mol. The van der Waals surface area contributed by atoms with E-state index in [0.29, 0.717) is 24.3 Å². The molecular formula is C15H15N11O15. The van der Waals surface area contributed by atoms with Crippen molar-refractivity contribution in [1.29, 1.82) is 0 Å². The van der Waals surface area contributed by atoms with Crippen LogP contribution < -0.4 is 32.3 Å². The van der Waals surface area contributed by atoms with Crippen molar-refractivity contribution in [2.75, 3.05) is 5.43 Å². The molecule has 0 aliphatic rings. The lowest BCUT2D eigenvalue weighted by Gasteiger charge is -2.06. The molecule has 1 heterocycles. The second-order valence-electron chi connectivity index (χ2n) is 6.65. The lowest BCUT2D eigenvalue weighted by Crippen LogP contribution is -2.41. The van der Waals surface area contributed by atoms with Gasteiger partial charge in [-0.3, -0.25) is 60.7 Å². The van der Waals surface area contributed by atoms with Gasteiger partial charge in [0.05, 0.1) is 65.3 Å². The number of hydrazine groups is 1. The van der Waals surface area contributed by atoms with Crippen molar-refractivity contribution < 1.29 is 56.1 Å². The van der Waals surface area contributed by atoms with Gasteiger partial charge in [0.15, 0.2) is 0 Å². The zero-order valence-corrected chi connectivity index (χ0v) is 19.6. The van der Waals surface area contributed by atoms with Crippen molar-refractivity contribution >= 4 is 45.8 Å². The van der Waals surface area contributed by atoms with Gasteiger partial charge < -0.3 is 21.4 Å². The molecule has 0 atom stereocenters. The van der Waals surface area contributed by atoms with Crippen LogP contribution in [0, 0.1) is 60.7 Å². The maximum Gasteiger partial charge on any atom is 0.316 e. The highest BCUT2D eigenvalue weighted by Gasteiger charge is 2.25. The first kappa shape index (κ1) is 34.3. The molecule has 26 nitrogen and oxygen atoms in total. The van der Waals surface area contributed by atoms with E-state index in [1.807, 2.05) is 0 Å². The summed E-state index contributed by atoms with van der Waals surface area (Å²) in [5.41, 5.74) is -0.500. The Balaban J connectivity index is 0.000000609. The normalized spacial score (nSPS) is 9.41. The molecule has 3 aromatic rings. The Morgan fingerprint density at radius 1 is 0.634 bits per heavy atom. The monoisotopic (exact) mass is 589 g/mol. The molecule has 220 valence electrons. The molecule has 0 saturated heterocycles. The summed E-state index contributed by atoms with van der Waals surface area (Å²) in [7, 11) is 0. The number of anilines is 1. The Kier molecular flexibility index (Phi) is 12.0. The highest BCUT2D eigenvalue weighted by Crippen LogP contribution is 2.37. The summed E-state index contributed by atoms with van der Waals surface area (Å²) in [6.45, 7) is 0. The van der Waals surface area contributed by atoms with Crippen LogP contribution in [0.1, 0.15) is 0 Å². The number of aromatic nitrogens is 2. The predicted octanol–water partition coefficient (Wildman–Crippen LogP) is -1.87. The minimum Gasteiger partial charge on any atom is -0.863 e. The zero-order chi connectivity index (χ0) is 30.9. The van der Waals surface area contributed by atoms with E-state index in [1.165, 1.54) is 0 Å². The summed E-state index contributed by atoms with van der Waals surface area (Å²) in [4.78, 5) is 55.0. The van der Waals surface area contributed by atoms with Crippen molar-refractivity contribution in [3.05, 3.63) is 91.0 Å². The number of nitrogen functional groups attached to an aromatic ring is 1. The summed E-state index contributed by atoms with van der Waals surface area (Å²) in [6.07, 6.45) is 0. The minimum absolute atomic E-state index is 0. The van der Waals surface area contributed by atoms with Crippen molar-refractivity contribution in [2.45, 2.75) is 0 Å². The third-order valence-electron chi connectivity index (χ3n) is 4.11. The van der Waals surface area contributed by atoms with Gasteiger partial charge in [0.1, 0.15) is 6.07 Å². The molecule has 0 aliphatic heterocycles. The van der Waals surface area contributed by atoms with Crippen LogP contribution in [0.25, 0.3) is 0 Å². The smallest absolute Gasteiger partial charge is 0.316 e. The number of nitrogens with zero attached hydrogens (tertiary/aromatic N) is 6. The van der Waals surface area contributed by atoms with Crippen LogP contribution in [0.4, 0.5) is 45.8 Å². The number of nitrogens with one attached hydrogen (secondary N) is 3. The van der Waals surface area contributed by atoms with Crippen LogP contribution >= 0.6 is 0 Å². The minimum atomic E-state index is -1.46. The second kappa shape index (κ2) is 14.3. The van der Waals surface area contributed by atoms with Gasteiger partial charge in [-0.1, -0.05) is 0 Å². The van der Waals surface area contributed by atoms with Crippen molar-refractivity contribution in [2.24, 2.45) is 5.84 Å². The fraction of sp³-hybridized carbons (Fsp3) is 0. The van der Waals surface area contributed by atoms with Gasteiger partial charge in [0.25, 0.3) is 34.1 Å². The quantitative estimate of drug-likeness (QED) is 0.133. The average molecular weight is 589 g/mol. The molecule has 0 spiro atoms. The van der Waals surface area contributed by atoms with E-state index in [2.05, 4.69) is 21.4 Å². The molecule has 10 N–H and O–H groups in total. The second-order valence-corrected chi connectivity index (χ2v) is 6.65. The number of hydrogen-bond acceptors (Lipinski definition) is 16. The molecule has 0 unspecified atom stereocenters. The Morgan fingerprint density at radius 2 is 0.927 bits per heavy atom. The molecule has 0 saturated carbocycles. The van der Waals surface area contributed by atoms with Crippen molar-refractivity contribution in [3.8, 4) is 11.5 Å². The van der Waals surface area contributed by atoms with Crippen LogP contribution in [0.15, 0.2) is 30.3 Å². The number of hydrogen-bond donors (Lipinski definition) is 4. The van der Waals surface area contributed by atoms with Gasteiger partial charge in [0, 0.05) is 0 Å². The number of nitrogens with two attached hydrogens (primary N) is 1. The highest BCUT2D eigenvalue weighted by molar-refractivity contribution is 5.64. The van der Waals surface area contributed by atoms with E-state index in [-0.39, 0.29) is 5.48 Å². The Hall–Kier alpha value is -6.67. The molecule has 3 rings (SSSR count). The van der Waals surface area contributed by atoms with Gasteiger partial charge in [0.2, 0.25) is 5.82 Å². The number of rotatable bonds is 7. The first-order chi connectivity index (χ1) is 18.5. The molecule has 0 aliphatic carbocycles. The lowest BCUT2D eigenvalue weighted by molar-refractivity contribution is -0.444. The molecule has 2 aromatic carbocycles. The van der Waals surface area contributed by atoms with Crippen molar-refractivity contribution in [3.63, 3.8) is 0 Å². The Morgan fingerprint density at radius 3 is 1.07 bits per heavy atom. The van der Waals surface area contributed by atoms with Crippen LogP contribution in [0.5, 0.6) is 11.5 Å². The SMILES string of the molecule is NNc1cc([NH3+])[nH][nH+]1.O.O=[N+]([O-])c1cc([N+](=O)[O-])c([O-])c([N+](=O)[O-])c1.O=[N+]([O-])c1cc([N+](=O)[O-])c([O-])c([N+](=O)[O-])c1. The number of benzene rings is 2. The van der Waals surface area contributed by atoms with Crippen LogP contribution in [0.3, 0.4) is 0 Å². The number of nitro groups is 6.